The SMILES string of the molecule is Cn1cc(-c2ccc3nnc(Cc4cccc5c(=O)[nH]ccc45)n3n2)cn1. The molecule has 4 aromatic heterocycles. The molecule has 0 fully saturated rings. The number of aromatic amines is 1. The molecule has 1 N–H and O–H groups in total. The van der Waals surface area contributed by atoms with E-state index in [0.717, 1.165) is 22.2 Å². The first-order valence-electron chi connectivity index (χ1n) is 8.49. The molecule has 132 valence electrons. The fourth-order valence-electron chi connectivity index (χ4n) is 3.26. The van der Waals surface area contributed by atoms with Crippen molar-refractivity contribution in [3.8, 4) is 11.3 Å². The molecule has 0 amide bonds. The monoisotopic (exact) mass is 357 g/mol. The first kappa shape index (κ1) is 15.4. The van der Waals surface area contributed by atoms with Crippen LogP contribution in [0.25, 0.3) is 27.7 Å². The van der Waals surface area contributed by atoms with Gasteiger partial charge in [-0.1, -0.05) is 12.1 Å². The summed E-state index contributed by atoms with van der Waals surface area (Å²) in [6, 6.07) is 11.4. The van der Waals surface area contributed by atoms with E-state index in [-0.39, 0.29) is 5.56 Å². The molecule has 0 saturated carbocycles. The van der Waals surface area contributed by atoms with Crippen molar-refractivity contribution < 1.29 is 0 Å². The molecular formula is C19H15N7O. The van der Waals surface area contributed by atoms with Crippen LogP contribution < -0.4 is 5.56 Å². The van der Waals surface area contributed by atoms with Gasteiger partial charge >= 0.3 is 0 Å². The number of nitrogens with zero attached hydrogens (tertiary/aromatic N) is 6. The number of rotatable bonds is 3. The van der Waals surface area contributed by atoms with Gasteiger partial charge in [-0.2, -0.15) is 14.7 Å². The fraction of sp³-hybridized carbons (Fsp3) is 0.105. The lowest BCUT2D eigenvalue weighted by Gasteiger charge is -2.05. The number of nitrogens with one attached hydrogen (secondary N) is 1. The number of pyridine rings is 1. The zero-order valence-electron chi connectivity index (χ0n) is 14.5. The summed E-state index contributed by atoms with van der Waals surface area (Å²) in [4.78, 5) is 14.7. The summed E-state index contributed by atoms with van der Waals surface area (Å²) in [6.45, 7) is 0. The molecule has 5 rings (SSSR count). The standard InChI is InChI=1S/C19H15N7O/c1-25-11-13(10-21-25)16-5-6-17-22-23-18(26(17)24-16)9-12-3-2-4-15-14(12)7-8-20-19(15)27/h2-8,10-11H,9H2,1H3,(H,20,27). The van der Waals surface area contributed by atoms with Gasteiger partial charge in [-0.15, -0.1) is 10.2 Å². The van der Waals surface area contributed by atoms with Gasteiger partial charge in [0.15, 0.2) is 11.5 Å². The maximum absolute atomic E-state index is 12.0. The van der Waals surface area contributed by atoms with Crippen molar-refractivity contribution in [3.05, 3.63) is 76.7 Å². The first-order chi connectivity index (χ1) is 13.2. The zero-order chi connectivity index (χ0) is 18.4. The van der Waals surface area contributed by atoms with Crippen LogP contribution in [0.2, 0.25) is 0 Å². The van der Waals surface area contributed by atoms with E-state index in [1.165, 1.54) is 0 Å². The van der Waals surface area contributed by atoms with Crippen molar-refractivity contribution in [2.75, 3.05) is 0 Å². The molecule has 27 heavy (non-hydrogen) atoms. The molecule has 0 spiro atoms. The summed E-state index contributed by atoms with van der Waals surface area (Å²) in [7, 11) is 1.87. The number of aromatic nitrogens is 7. The van der Waals surface area contributed by atoms with Crippen LogP contribution in [0.1, 0.15) is 11.4 Å². The normalized spacial score (nSPS) is 11.4. The Bertz CT molecular complexity index is 1350. The second kappa shape index (κ2) is 5.87. The Morgan fingerprint density at radius 2 is 2.00 bits per heavy atom. The lowest BCUT2D eigenvalue weighted by atomic mass is 10.0. The number of hydrogen-bond donors (Lipinski definition) is 1. The van der Waals surface area contributed by atoms with Crippen LogP contribution >= 0.6 is 0 Å². The molecule has 0 radical (unpaired) electrons. The molecule has 8 nitrogen and oxygen atoms in total. The third kappa shape index (κ3) is 2.58. The van der Waals surface area contributed by atoms with E-state index in [1.54, 1.807) is 21.6 Å². The fourth-order valence-corrected chi connectivity index (χ4v) is 3.26. The van der Waals surface area contributed by atoms with Gasteiger partial charge in [-0.3, -0.25) is 9.48 Å². The summed E-state index contributed by atoms with van der Waals surface area (Å²) < 4.78 is 3.48. The van der Waals surface area contributed by atoms with Crippen LogP contribution in [-0.2, 0) is 13.5 Å². The van der Waals surface area contributed by atoms with Crippen molar-refractivity contribution in [2.45, 2.75) is 6.42 Å². The van der Waals surface area contributed by atoms with Crippen molar-refractivity contribution in [1.29, 1.82) is 0 Å². The second-order valence-electron chi connectivity index (χ2n) is 6.37. The Hall–Kier alpha value is -3.81. The van der Waals surface area contributed by atoms with Crippen LogP contribution in [0.15, 0.2) is 59.8 Å². The molecule has 0 aliphatic rings. The van der Waals surface area contributed by atoms with Crippen LogP contribution in [-0.4, -0.2) is 34.6 Å². The first-order valence-corrected chi connectivity index (χ1v) is 8.49. The number of benzene rings is 1. The molecule has 0 bridgehead atoms. The van der Waals surface area contributed by atoms with Crippen molar-refractivity contribution in [3.63, 3.8) is 0 Å². The molecule has 5 aromatic rings. The third-order valence-corrected chi connectivity index (χ3v) is 4.58. The summed E-state index contributed by atoms with van der Waals surface area (Å²) >= 11 is 0. The highest BCUT2D eigenvalue weighted by Gasteiger charge is 2.12. The predicted molar refractivity (Wildman–Crippen MR) is 100 cm³/mol. The smallest absolute Gasteiger partial charge is 0.255 e. The molecule has 0 atom stereocenters. The van der Waals surface area contributed by atoms with E-state index >= 15 is 0 Å². The molecule has 1 aromatic carbocycles. The van der Waals surface area contributed by atoms with E-state index in [0.29, 0.717) is 23.3 Å². The Morgan fingerprint density at radius 1 is 1.07 bits per heavy atom. The van der Waals surface area contributed by atoms with E-state index in [4.69, 9.17) is 0 Å². The van der Waals surface area contributed by atoms with E-state index in [9.17, 15) is 4.79 Å². The average Bonchev–Trinajstić information content (AvgIpc) is 3.29. The highest BCUT2D eigenvalue weighted by atomic mass is 16.1. The minimum atomic E-state index is -0.0996. The van der Waals surface area contributed by atoms with Gasteiger partial charge in [0, 0.05) is 36.8 Å². The number of fused-ring (bicyclic) bond motifs is 2. The second-order valence-corrected chi connectivity index (χ2v) is 6.37. The largest absolute Gasteiger partial charge is 0.329 e. The average molecular weight is 357 g/mol. The summed E-state index contributed by atoms with van der Waals surface area (Å²) in [5, 5.41) is 19.0. The van der Waals surface area contributed by atoms with E-state index < -0.39 is 0 Å². The molecule has 8 heteroatoms. The Morgan fingerprint density at radius 3 is 2.85 bits per heavy atom. The quantitative estimate of drug-likeness (QED) is 0.533. The van der Waals surface area contributed by atoms with Gasteiger partial charge in [0.05, 0.1) is 11.9 Å². The maximum atomic E-state index is 12.0. The van der Waals surface area contributed by atoms with Crippen molar-refractivity contribution >= 4 is 16.4 Å². The van der Waals surface area contributed by atoms with Gasteiger partial charge in [-0.25, -0.2) is 0 Å². The van der Waals surface area contributed by atoms with Crippen LogP contribution in [0.5, 0.6) is 0 Å². The maximum Gasteiger partial charge on any atom is 0.255 e. The number of hydrogen-bond acceptors (Lipinski definition) is 5. The zero-order valence-corrected chi connectivity index (χ0v) is 14.5. The molecule has 0 saturated heterocycles. The lowest BCUT2D eigenvalue weighted by Crippen LogP contribution is -2.06. The third-order valence-electron chi connectivity index (χ3n) is 4.58. The van der Waals surface area contributed by atoms with Crippen LogP contribution in [0, 0.1) is 0 Å². The van der Waals surface area contributed by atoms with Gasteiger partial charge in [0.2, 0.25) is 0 Å². The highest BCUT2D eigenvalue weighted by Crippen LogP contribution is 2.20. The molecule has 0 unspecified atom stereocenters. The topological polar surface area (TPSA) is 93.8 Å². The molecular weight excluding hydrogens is 342 g/mol. The van der Waals surface area contributed by atoms with Gasteiger partial charge in [0.25, 0.3) is 5.56 Å². The van der Waals surface area contributed by atoms with E-state index in [1.807, 2.05) is 49.6 Å². The van der Waals surface area contributed by atoms with E-state index in [2.05, 4.69) is 25.4 Å². The minimum Gasteiger partial charge on any atom is -0.329 e. The van der Waals surface area contributed by atoms with Crippen molar-refractivity contribution in [2.24, 2.45) is 7.05 Å². The van der Waals surface area contributed by atoms with Crippen molar-refractivity contribution in [1.82, 2.24) is 34.6 Å². The van der Waals surface area contributed by atoms with Gasteiger partial charge in [-0.05, 0) is 35.2 Å². The highest BCUT2D eigenvalue weighted by molar-refractivity contribution is 5.84. The van der Waals surface area contributed by atoms with Crippen LogP contribution in [0.4, 0.5) is 0 Å². The predicted octanol–water partition coefficient (Wildman–Crippen LogP) is 1.96. The summed E-state index contributed by atoms with van der Waals surface area (Å²) in [5.41, 5.74) is 3.30. The Labute approximate surface area is 153 Å². The molecule has 0 aliphatic heterocycles. The Balaban J connectivity index is 1.62. The molecule has 0 aliphatic carbocycles. The van der Waals surface area contributed by atoms with Gasteiger partial charge in [0.1, 0.15) is 0 Å². The van der Waals surface area contributed by atoms with Gasteiger partial charge < -0.3 is 4.98 Å². The lowest BCUT2D eigenvalue weighted by molar-refractivity contribution is 0.768. The summed E-state index contributed by atoms with van der Waals surface area (Å²) in [5.74, 6) is 0.712. The number of H-pyrrole nitrogens is 1. The van der Waals surface area contributed by atoms with Crippen LogP contribution in [0.3, 0.4) is 0 Å². The minimum absolute atomic E-state index is 0.0996. The summed E-state index contributed by atoms with van der Waals surface area (Å²) in [6.07, 6.45) is 5.87. The molecule has 4 heterocycles. The Kier molecular flexibility index (Phi) is 3.36. The number of aryl methyl sites for hydroxylation is 1.